The molecule has 0 bridgehead atoms. The lowest BCUT2D eigenvalue weighted by Gasteiger charge is -2.23. The number of benzene rings is 1. The van der Waals surface area contributed by atoms with Crippen molar-refractivity contribution < 1.29 is 9.47 Å². The highest BCUT2D eigenvalue weighted by atomic mass is 32.2. The van der Waals surface area contributed by atoms with Gasteiger partial charge in [0, 0.05) is 6.20 Å². The number of thioether (sulfide) groups is 1. The van der Waals surface area contributed by atoms with Gasteiger partial charge in [-0.3, -0.25) is 0 Å². The molecule has 0 saturated carbocycles. The Bertz CT molecular complexity index is 533. The van der Waals surface area contributed by atoms with E-state index < -0.39 is 0 Å². The fraction of sp³-hybridized carbons (Fsp3) is 0.267. The van der Waals surface area contributed by atoms with Crippen molar-refractivity contribution in [3.8, 4) is 5.75 Å². The highest BCUT2D eigenvalue weighted by molar-refractivity contribution is 8.00. The van der Waals surface area contributed by atoms with Gasteiger partial charge in [0.1, 0.15) is 11.6 Å². The van der Waals surface area contributed by atoms with Crippen LogP contribution in [0.1, 0.15) is 5.56 Å². The van der Waals surface area contributed by atoms with Gasteiger partial charge in [-0.2, -0.15) is 0 Å². The lowest BCUT2D eigenvalue weighted by atomic mass is 10.2. The largest absolute Gasteiger partial charge is 0.489 e. The number of hydrogen-bond acceptors (Lipinski definition) is 4. The Balaban J connectivity index is 1.50. The molecule has 1 aromatic heterocycles. The van der Waals surface area contributed by atoms with Crippen LogP contribution in [0, 0.1) is 0 Å². The third kappa shape index (κ3) is 3.28. The molecule has 0 amide bonds. The summed E-state index contributed by atoms with van der Waals surface area (Å²) in [6, 6.07) is 14.1. The Hall–Kier alpha value is -1.52. The number of aromatic nitrogens is 1. The standard InChI is InChI=1S/C15H15NO2S/c1-2-5-12(6-3-1)9-17-10-13-11-18-14-7-4-8-16-15(14)19-13/h1-8,13H,9-11H2. The molecule has 1 atom stereocenters. The summed E-state index contributed by atoms with van der Waals surface area (Å²) in [5.74, 6) is 0.881. The fourth-order valence-electron chi connectivity index (χ4n) is 1.91. The maximum absolute atomic E-state index is 5.75. The SMILES string of the molecule is c1ccc(COCC2COc3cccnc3S2)cc1. The summed E-state index contributed by atoms with van der Waals surface area (Å²) in [5.41, 5.74) is 1.20. The van der Waals surface area contributed by atoms with Crippen LogP contribution in [0.25, 0.3) is 0 Å². The van der Waals surface area contributed by atoms with E-state index in [1.807, 2.05) is 30.3 Å². The Labute approximate surface area is 117 Å². The van der Waals surface area contributed by atoms with Gasteiger partial charge in [-0.1, -0.05) is 42.1 Å². The monoisotopic (exact) mass is 273 g/mol. The average Bonchev–Trinajstić information content (AvgIpc) is 2.48. The van der Waals surface area contributed by atoms with Gasteiger partial charge in [0.25, 0.3) is 0 Å². The number of pyridine rings is 1. The molecule has 3 nitrogen and oxygen atoms in total. The second-order valence-corrected chi connectivity index (χ2v) is 5.65. The second-order valence-electron chi connectivity index (χ2n) is 4.36. The van der Waals surface area contributed by atoms with E-state index in [-0.39, 0.29) is 0 Å². The number of nitrogens with zero attached hydrogens (tertiary/aromatic N) is 1. The van der Waals surface area contributed by atoms with E-state index in [0.29, 0.717) is 25.1 Å². The van der Waals surface area contributed by atoms with Gasteiger partial charge in [0.15, 0.2) is 5.75 Å². The van der Waals surface area contributed by atoms with Crippen molar-refractivity contribution >= 4 is 11.8 Å². The molecule has 1 aliphatic rings. The van der Waals surface area contributed by atoms with Crippen molar-refractivity contribution in [1.29, 1.82) is 0 Å². The first kappa shape index (κ1) is 12.5. The van der Waals surface area contributed by atoms with E-state index in [0.717, 1.165) is 10.8 Å². The van der Waals surface area contributed by atoms with Gasteiger partial charge in [-0.25, -0.2) is 4.98 Å². The summed E-state index contributed by atoms with van der Waals surface area (Å²) < 4.78 is 11.4. The predicted molar refractivity (Wildman–Crippen MR) is 75.5 cm³/mol. The molecular weight excluding hydrogens is 258 g/mol. The summed E-state index contributed by atoms with van der Waals surface area (Å²) in [7, 11) is 0. The minimum atomic E-state index is 0.311. The molecule has 3 rings (SSSR count). The molecule has 98 valence electrons. The Morgan fingerprint density at radius 1 is 1.21 bits per heavy atom. The molecule has 1 unspecified atom stereocenters. The van der Waals surface area contributed by atoms with Crippen LogP contribution in [-0.4, -0.2) is 23.4 Å². The van der Waals surface area contributed by atoms with Gasteiger partial charge in [0.05, 0.1) is 18.5 Å². The van der Waals surface area contributed by atoms with Crippen molar-refractivity contribution in [1.82, 2.24) is 4.98 Å². The highest BCUT2D eigenvalue weighted by Crippen LogP contribution is 2.34. The summed E-state index contributed by atoms with van der Waals surface area (Å²) in [6.07, 6.45) is 1.79. The van der Waals surface area contributed by atoms with Gasteiger partial charge < -0.3 is 9.47 Å². The molecular formula is C15H15NO2S. The predicted octanol–water partition coefficient (Wildman–Crippen LogP) is 3.15. The minimum Gasteiger partial charge on any atom is -0.489 e. The van der Waals surface area contributed by atoms with Crippen molar-refractivity contribution in [2.45, 2.75) is 16.9 Å². The molecule has 0 fully saturated rings. The molecule has 0 radical (unpaired) electrons. The third-order valence-electron chi connectivity index (χ3n) is 2.85. The maximum atomic E-state index is 5.75. The van der Waals surface area contributed by atoms with Crippen molar-refractivity contribution in [2.24, 2.45) is 0 Å². The molecule has 0 saturated heterocycles. The molecule has 2 heterocycles. The molecule has 0 N–H and O–H groups in total. The second kappa shape index (κ2) is 6.08. The number of fused-ring (bicyclic) bond motifs is 1. The van der Waals surface area contributed by atoms with Crippen LogP contribution in [-0.2, 0) is 11.3 Å². The molecule has 2 aromatic rings. The highest BCUT2D eigenvalue weighted by Gasteiger charge is 2.21. The summed E-state index contributed by atoms with van der Waals surface area (Å²) >= 11 is 1.73. The first-order valence-electron chi connectivity index (χ1n) is 6.28. The van der Waals surface area contributed by atoms with Crippen LogP contribution in [0.2, 0.25) is 0 Å². The Morgan fingerprint density at radius 2 is 2.11 bits per heavy atom. The van der Waals surface area contributed by atoms with Crippen LogP contribution in [0.3, 0.4) is 0 Å². The van der Waals surface area contributed by atoms with E-state index in [2.05, 4.69) is 17.1 Å². The van der Waals surface area contributed by atoms with Crippen molar-refractivity contribution in [3.63, 3.8) is 0 Å². The van der Waals surface area contributed by atoms with Crippen molar-refractivity contribution in [2.75, 3.05) is 13.2 Å². The first-order chi connectivity index (χ1) is 9.42. The van der Waals surface area contributed by atoms with Gasteiger partial charge in [-0.15, -0.1) is 0 Å². The van der Waals surface area contributed by atoms with Crippen LogP contribution in [0.15, 0.2) is 53.7 Å². The third-order valence-corrected chi connectivity index (χ3v) is 3.99. The summed E-state index contributed by atoms with van der Waals surface area (Å²) in [4.78, 5) is 4.32. The van der Waals surface area contributed by atoms with Crippen LogP contribution in [0.4, 0.5) is 0 Å². The van der Waals surface area contributed by atoms with Crippen LogP contribution >= 0.6 is 11.8 Å². The lowest BCUT2D eigenvalue weighted by Crippen LogP contribution is -2.24. The van der Waals surface area contributed by atoms with Gasteiger partial charge in [0.2, 0.25) is 0 Å². The summed E-state index contributed by atoms with van der Waals surface area (Å²) in [5, 5.41) is 1.27. The van der Waals surface area contributed by atoms with Crippen LogP contribution < -0.4 is 4.74 Å². The normalized spacial score (nSPS) is 17.6. The average molecular weight is 273 g/mol. The summed E-state index contributed by atoms with van der Waals surface area (Å²) in [6.45, 7) is 2.00. The Morgan fingerprint density at radius 3 is 3.00 bits per heavy atom. The van der Waals surface area contributed by atoms with E-state index in [1.54, 1.807) is 18.0 Å². The number of hydrogen-bond donors (Lipinski definition) is 0. The molecule has 0 aliphatic carbocycles. The van der Waals surface area contributed by atoms with Crippen LogP contribution in [0.5, 0.6) is 5.75 Å². The van der Waals surface area contributed by atoms with Crippen molar-refractivity contribution in [3.05, 3.63) is 54.2 Å². The topological polar surface area (TPSA) is 31.4 Å². The van der Waals surface area contributed by atoms with E-state index >= 15 is 0 Å². The lowest BCUT2D eigenvalue weighted by molar-refractivity contribution is 0.109. The van der Waals surface area contributed by atoms with Gasteiger partial charge in [-0.05, 0) is 17.7 Å². The smallest absolute Gasteiger partial charge is 0.151 e. The number of rotatable bonds is 4. The fourth-order valence-corrected chi connectivity index (χ4v) is 2.89. The maximum Gasteiger partial charge on any atom is 0.151 e. The van der Waals surface area contributed by atoms with E-state index in [4.69, 9.17) is 9.47 Å². The zero-order valence-electron chi connectivity index (χ0n) is 10.5. The zero-order valence-corrected chi connectivity index (χ0v) is 11.3. The molecule has 1 aliphatic heterocycles. The molecule has 4 heteroatoms. The Kier molecular flexibility index (Phi) is 4.01. The van der Waals surface area contributed by atoms with E-state index in [1.165, 1.54) is 5.56 Å². The molecule has 19 heavy (non-hydrogen) atoms. The quantitative estimate of drug-likeness (QED) is 0.856. The number of ether oxygens (including phenoxy) is 2. The first-order valence-corrected chi connectivity index (χ1v) is 7.16. The van der Waals surface area contributed by atoms with Gasteiger partial charge >= 0.3 is 0 Å². The van der Waals surface area contributed by atoms with E-state index in [9.17, 15) is 0 Å². The zero-order chi connectivity index (χ0) is 12.9. The molecule has 0 spiro atoms. The minimum absolute atomic E-state index is 0.311. The molecule has 1 aromatic carbocycles.